The van der Waals surface area contributed by atoms with Crippen LogP contribution in [0.3, 0.4) is 0 Å². The second-order valence-electron chi connectivity index (χ2n) is 8.81. The van der Waals surface area contributed by atoms with Gasteiger partial charge in [0.15, 0.2) is 0 Å². The Morgan fingerprint density at radius 2 is 1.77 bits per heavy atom. The lowest BCUT2D eigenvalue weighted by molar-refractivity contribution is -0.120. The molecule has 1 saturated carbocycles. The Kier molecular flexibility index (Phi) is 8.28. The molecule has 8 nitrogen and oxygen atoms in total. The van der Waals surface area contributed by atoms with Crippen molar-refractivity contribution in [3.63, 3.8) is 0 Å². The number of benzene rings is 1. The van der Waals surface area contributed by atoms with E-state index in [0.29, 0.717) is 49.0 Å². The Labute approximate surface area is 210 Å². The summed E-state index contributed by atoms with van der Waals surface area (Å²) in [5.41, 5.74) is 2.02. The Hall–Kier alpha value is -3.07. The summed E-state index contributed by atoms with van der Waals surface area (Å²) >= 11 is 1.38. The monoisotopic (exact) mass is 499 g/mol. The third-order valence-electron chi connectivity index (χ3n) is 6.45. The number of thiophene rings is 1. The van der Waals surface area contributed by atoms with Crippen LogP contribution in [0.4, 0.5) is 15.5 Å². The highest BCUT2D eigenvalue weighted by molar-refractivity contribution is 7.17. The maximum absolute atomic E-state index is 13.5. The molecule has 2 aliphatic rings. The van der Waals surface area contributed by atoms with Crippen molar-refractivity contribution in [2.24, 2.45) is 5.92 Å². The zero-order valence-electron chi connectivity index (χ0n) is 20.4. The van der Waals surface area contributed by atoms with Gasteiger partial charge in [-0.2, -0.15) is 0 Å². The molecule has 9 heteroatoms. The van der Waals surface area contributed by atoms with Crippen molar-refractivity contribution in [2.45, 2.75) is 58.9 Å². The minimum atomic E-state index is -0.361. The largest absolute Gasteiger partial charge is 0.494 e. The summed E-state index contributed by atoms with van der Waals surface area (Å²) in [6.45, 7) is 5.40. The van der Waals surface area contributed by atoms with E-state index in [1.54, 1.807) is 24.0 Å². The van der Waals surface area contributed by atoms with Gasteiger partial charge in [-0.1, -0.05) is 19.3 Å². The highest BCUT2D eigenvalue weighted by atomic mass is 32.1. The fourth-order valence-corrected chi connectivity index (χ4v) is 5.94. The second kappa shape index (κ2) is 11.6. The zero-order valence-corrected chi connectivity index (χ0v) is 21.2. The van der Waals surface area contributed by atoms with E-state index in [2.05, 4.69) is 10.6 Å². The van der Waals surface area contributed by atoms with Crippen LogP contribution in [-0.4, -0.2) is 42.6 Å². The first-order valence-corrected chi connectivity index (χ1v) is 13.2. The predicted molar refractivity (Wildman–Crippen MR) is 136 cm³/mol. The standard InChI is InChI=1S/C26H33N3O5S/c1-3-33-19-12-10-18(11-13-19)27-24(31)22-20-14-15-29(26(32)34-4-2)16-21(20)35-25(22)28-23(30)17-8-6-5-7-9-17/h10-13,17H,3-9,14-16H2,1-2H3,(H,27,31)(H,28,30). The Balaban J connectivity index is 1.58. The number of anilines is 2. The summed E-state index contributed by atoms with van der Waals surface area (Å²) in [6.07, 6.45) is 5.19. The fourth-order valence-electron chi connectivity index (χ4n) is 4.68. The Morgan fingerprint density at radius 3 is 2.46 bits per heavy atom. The van der Waals surface area contributed by atoms with Crippen LogP contribution in [0.25, 0.3) is 0 Å². The normalized spacial score (nSPS) is 15.8. The van der Waals surface area contributed by atoms with Crippen molar-refractivity contribution < 1.29 is 23.9 Å². The molecule has 188 valence electrons. The first kappa shape index (κ1) is 25.0. The van der Waals surface area contributed by atoms with Crippen LogP contribution in [0.15, 0.2) is 24.3 Å². The van der Waals surface area contributed by atoms with E-state index in [-0.39, 0.29) is 23.8 Å². The number of fused-ring (bicyclic) bond motifs is 1. The lowest BCUT2D eigenvalue weighted by atomic mass is 9.88. The van der Waals surface area contributed by atoms with E-state index in [1.807, 2.05) is 19.1 Å². The summed E-state index contributed by atoms with van der Waals surface area (Å²) in [4.78, 5) is 41.3. The first-order valence-electron chi connectivity index (χ1n) is 12.4. The number of hydrogen-bond donors (Lipinski definition) is 2. The number of ether oxygens (including phenoxy) is 2. The molecule has 1 aromatic heterocycles. The van der Waals surface area contributed by atoms with Crippen molar-refractivity contribution in [3.05, 3.63) is 40.3 Å². The van der Waals surface area contributed by atoms with Gasteiger partial charge < -0.3 is 25.0 Å². The van der Waals surface area contributed by atoms with Crippen molar-refractivity contribution in [3.8, 4) is 5.75 Å². The highest BCUT2D eigenvalue weighted by Crippen LogP contribution is 2.38. The Morgan fingerprint density at radius 1 is 1.03 bits per heavy atom. The molecule has 0 atom stereocenters. The van der Waals surface area contributed by atoms with Gasteiger partial charge in [-0.05, 0) is 62.9 Å². The molecule has 1 aliphatic heterocycles. The number of nitrogens with zero attached hydrogens (tertiary/aromatic N) is 1. The lowest BCUT2D eigenvalue weighted by Gasteiger charge is -2.26. The molecule has 0 saturated heterocycles. The van der Waals surface area contributed by atoms with Crippen LogP contribution in [0.5, 0.6) is 5.75 Å². The van der Waals surface area contributed by atoms with E-state index in [4.69, 9.17) is 9.47 Å². The molecule has 0 unspecified atom stereocenters. The molecule has 2 heterocycles. The van der Waals surface area contributed by atoms with Crippen LogP contribution in [0.1, 0.15) is 66.8 Å². The second-order valence-corrected chi connectivity index (χ2v) is 9.92. The molecule has 3 amide bonds. The lowest BCUT2D eigenvalue weighted by Crippen LogP contribution is -2.36. The summed E-state index contributed by atoms with van der Waals surface area (Å²) < 4.78 is 10.6. The van der Waals surface area contributed by atoms with Crippen molar-refractivity contribution in [1.29, 1.82) is 0 Å². The van der Waals surface area contributed by atoms with Crippen molar-refractivity contribution >= 4 is 39.9 Å². The third-order valence-corrected chi connectivity index (χ3v) is 7.58. The van der Waals surface area contributed by atoms with E-state index in [9.17, 15) is 14.4 Å². The summed E-state index contributed by atoms with van der Waals surface area (Å²) in [7, 11) is 0. The van der Waals surface area contributed by atoms with Crippen LogP contribution in [-0.2, 0) is 22.5 Å². The number of carbonyl (C=O) groups is 3. The predicted octanol–water partition coefficient (Wildman–Crippen LogP) is 5.43. The number of hydrogen-bond acceptors (Lipinski definition) is 6. The summed E-state index contributed by atoms with van der Waals surface area (Å²) in [5, 5.41) is 6.59. The van der Waals surface area contributed by atoms with E-state index < -0.39 is 0 Å². The quantitative estimate of drug-likeness (QED) is 0.529. The van der Waals surface area contributed by atoms with Crippen LogP contribution >= 0.6 is 11.3 Å². The van der Waals surface area contributed by atoms with E-state index in [1.165, 1.54) is 11.3 Å². The maximum Gasteiger partial charge on any atom is 0.410 e. The highest BCUT2D eigenvalue weighted by Gasteiger charge is 2.32. The number of rotatable bonds is 7. The molecule has 2 aromatic rings. The smallest absolute Gasteiger partial charge is 0.410 e. The molecule has 1 fully saturated rings. The molecule has 35 heavy (non-hydrogen) atoms. The average molecular weight is 500 g/mol. The van der Waals surface area contributed by atoms with Crippen molar-refractivity contribution in [1.82, 2.24) is 4.90 Å². The number of carbonyl (C=O) groups excluding carboxylic acids is 3. The molecule has 0 bridgehead atoms. The molecule has 1 aliphatic carbocycles. The van der Waals surface area contributed by atoms with Crippen LogP contribution < -0.4 is 15.4 Å². The van der Waals surface area contributed by atoms with Gasteiger partial charge in [0.1, 0.15) is 10.8 Å². The topological polar surface area (TPSA) is 97.0 Å². The van der Waals surface area contributed by atoms with Crippen molar-refractivity contribution in [2.75, 3.05) is 30.4 Å². The van der Waals surface area contributed by atoms with E-state index >= 15 is 0 Å². The minimum absolute atomic E-state index is 0.0269. The molecular formula is C26H33N3O5S. The molecule has 0 spiro atoms. The molecule has 1 aromatic carbocycles. The maximum atomic E-state index is 13.5. The molecule has 0 radical (unpaired) electrons. The summed E-state index contributed by atoms with van der Waals surface area (Å²) in [6, 6.07) is 7.21. The van der Waals surface area contributed by atoms with Gasteiger partial charge in [0, 0.05) is 23.0 Å². The van der Waals surface area contributed by atoms with Gasteiger partial charge in [-0.25, -0.2) is 4.79 Å². The van der Waals surface area contributed by atoms with Gasteiger partial charge in [0.25, 0.3) is 5.91 Å². The van der Waals surface area contributed by atoms with Gasteiger partial charge in [-0.15, -0.1) is 11.3 Å². The van der Waals surface area contributed by atoms with Crippen LogP contribution in [0, 0.1) is 5.92 Å². The zero-order chi connectivity index (χ0) is 24.8. The number of amides is 3. The molecular weight excluding hydrogens is 466 g/mol. The molecule has 4 rings (SSSR count). The fraction of sp³-hybridized carbons (Fsp3) is 0.500. The Bertz CT molecular complexity index is 1060. The van der Waals surface area contributed by atoms with Gasteiger partial charge >= 0.3 is 6.09 Å². The first-order chi connectivity index (χ1) is 17.0. The average Bonchev–Trinajstić information content (AvgIpc) is 3.23. The van der Waals surface area contributed by atoms with E-state index in [0.717, 1.165) is 48.3 Å². The SMILES string of the molecule is CCOC(=O)N1CCc2c(sc(NC(=O)C3CCCCC3)c2C(=O)Nc2ccc(OCC)cc2)C1. The minimum Gasteiger partial charge on any atom is -0.494 e. The van der Waals surface area contributed by atoms with Gasteiger partial charge in [-0.3, -0.25) is 9.59 Å². The third kappa shape index (κ3) is 5.96. The van der Waals surface area contributed by atoms with Gasteiger partial charge in [0.2, 0.25) is 5.91 Å². The molecule has 2 N–H and O–H groups in total. The summed E-state index contributed by atoms with van der Waals surface area (Å²) in [5.74, 6) is 0.412. The van der Waals surface area contributed by atoms with Crippen LogP contribution in [0.2, 0.25) is 0 Å². The van der Waals surface area contributed by atoms with Gasteiger partial charge in [0.05, 0.1) is 25.3 Å². The number of nitrogens with one attached hydrogen (secondary N) is 2.